The van der Waals surface area contributed by atoms with Gasteiger partial charge in [0.2, 0.25) is 0 Å². The Morgan fingerprint density at radius 2 is 1.47 bits per heavy atom. The van der Waals surface area contributed by atoms with E-state index in [0.717, 1.165) is 62.0 Å². The van der Waals surface area contributed by atoms with Crippen molar-refractivity contribution in [2.75, 3.05) is 40.5 Å². The Labute approximate surface area is 295 Å². The van der Waals surface area contributed by atoms with Gasteiger partial charge in [-0.2, -0.15) is 0 Å². The van der Waals surface area contributed by atoms with Gasteiger partial charge in [0.25, 0.3) is 0 Å². The standard InChI is InChI=1S/C27H42NO2.C15H20O4/c1-26(2,3)22-27(4,5)24-13-15-25(16-14-24)30-20-19-29-18-17-28(6,7)21-23-11-9-8-10-12-23;1-2-3-4-5-6-7-13(16)11-8-9-14(17)12(10-11)15(18)19/h8-16H,17-22H2,1-7H3;8-10,17H,2-7H2,1H3,(H,18,19)/q+1;/p-1. The molecule has 0 atom stereocenters. The average molecular weight is 676 g/mol. The summed E-state index contributed by atoms with van der Waals surface area (Å²) < 4.78 is 12.6. The lowest BCUT2D eigenvalue weighted by Gasteiger charge is -2.33. The number of nitrogens with zero attached hydrogens (tertiary/aromatic N) is 1. The molecule has 0 amide bonds. The number of quaternary nitrogens is 1. The Hall–Kier alpha value is -3.68. The predicted octanol–water partition coefficient (Wildman–Crippen LogP) is 8.37. The van der Waals surface area contributed by atoms with Crippen molar-refractivity contribution >= 4 is 11.8 Å². The lowest BCUT2D eigenvalue weighted by atomic mass is 9.72. The van der Waals surface area contributed by atoms with Crippen LogP contribution in [0.1, 0.15) is 118 Å². The SMILES string of the molecule is CC(C)(C)CC(C)(C)c1ccc(OCCOCC[N+](C)(C)Cc2ccccc2)cc1.CCCCCCCC(=O)c1ccc(O)c(C(=O)[O-])c1. The molecule has 0 saturated carbocycles. The molecule has 0 aliphatic carbocycles. The number of carboxylic acids is 1. The number of Topliss-reactive ketones (excluding diaryl/α,β-unsaturated/α-hetero) is 1. The molecule has 3 aromatic rings. The molecule has 0 fully saturated rings. The van der Waals surface area contributed by atoms with Gasteiger partial charge in [-0.3, -0.25) is 4.79 Å². The van der Waals surface area contributed by atoms with Gasteiger partial charge >= 0.3 is 0 Å². The maximum absolute atomic E-state index is 11.9. The van der Waals surface area contributed by atoms with Crippen molar-refractivity contribution in [3.63, 3.8) is 0 Å². The summed E-state index contributed by atoms with van der Waals surface area (Å²) in [6.45, 7) is 17.6. The maximum atomic E-state index is 11.9. The summed E-state index contributed by atoms with van der Waals surface area (Å²) >= 11 is 0. The van der Waals surface area contributed by atoms with Gasteiger partial charge in [0.05, 0.1) is 33.3 Å². The van der Waals surface area contributed by atoms with Crippen LogP contribution in [0.25, 0.3) is 0 Å². The summed E-state index contributed by atoms with van der Waals surface area (Å²) in [7, 11) is 4.49. The largest absolute Gasteiger partial charge is 0.545 e. The highest BCUT2D eigenvalue weighted by Gasteiger charge is 2.27. The predicted molar refractivity (Wildman–Crippen MR) is 197 cm³/mol. The molecule has 49 heavy (non-hydrogen) atoms. The van der Waals surface area contributed by atoms with Gasteiger partial charge in [-0.15, -0.1) is 0 Å². The van der Waals surface area contributed by atoms with E-state index in [9.17, 15) is 19.8 Å². The molecular formula is C42H61NO6. The third kappa shape index (κ3) is 16.5. The summed E-state index contributed by atoms with van der Waals surface area (Å²) in [6, 6.07) is 23.0. The number of hydrogen-bond acceptors (Lipinski definition) is 6. The highest BCUT2D eigenvalue weighted by Crippen LogP contribution is 2.36. The van der Waals surface area contributed by atoms with Crippen molar-refractivity contribution in [3.05, 3.63) is 95.1 Å². The minimum absolute atomic E-state index is 0.0981. The average Bonchev–Trinajstić information content (AvgIpc) is 3.02. The molecule has 0 aliphatic heterocycles. The van der Waals surface area contributed by atoms with E-state index in [1.54, 1.807) is 0 Å². The first-order chi connectivity index (χ1) is 23.0. The van der Waals surface area contributed by atoms with Gasteiger partial charge < -0.3 is 29.0 Å². The topological polar surface area (TPSA) is 95.9 Å². The third-order valence-corrected chi connectivity index (χ3v) is 8.44. The van der Waals surface area contributed by atoms with Crippen LogP contribution in [-0.2, 0) is 16.7 Å². The number of unbranched alkanes of at least 4 members (excludes halogenated alkanes) is 4. The number of carboxylic acid groups (broad SMARTS) is 1. The Bertz CT molecular complexity index is 1410. The number of rotatable bonds is 19. The van der Waals surface area contributed by atoms with E-state index < -0.39 is 5.97 Å². The van der Waals surface area contributed by atoms with E-state index in [4.69, 9.17) is 9.47 Å². The molecule has 0 spiro atoms. The molecule has 0 radical (unpaired) electrons. The van der Waals surface area contributed by atoms with E-state index in [-0.39, 0.29) is 22.5 Å². The molecule has 0 aromatic heterocycles. The summed E-state index contributed by atoms with van der Waals surface area (Å²) in [5, 5.41) is 20.1. The molecule has 3 aromatic carbocycles. The van der Waals surface area contributed by atoms with Crippen molar-refractivity contribution in [2.45, 2.75) is 98.4 Å². The van der Waals surface area contributed by atoms with Crippen molar-refractivity contribution in [3.8, 4) is 11.5 Å². The molecule has 270 valence electrons. The molecule has 0 heterocycles. The number of ketones is 1. The molecule has 0 bridgehead atoms. The maximum Gasteiger partial charge on any atom is 0.162 e. The zero-order chi connectivity index (χ0) is 36.5. The van der Waals surface area contributed by atoms with E-state index in [0.29, 0.717) is 30.6 Å². The van der Waals surface area contributed by atoms with Crippen molar-refractivity contribution in [2.24, 2.45) is 5.41 Å². The number of hydrogen-bond donors (Lipinski definition) is 1. The molecule has 1 N–H and O–H groups in total. The lowest BCUT2D eigenvalue weighted by Crippen LogP contribution is -2.41. The number of carbonyl (C=O) groups excluding carboxylic acids is 2. The molecule has 0 saturated heterocycles. The molecule has 0 unspecified atom stereocenters. The highest BCUT2D eigenvalue weighted by atomic mass is 16.5. The van der Waals surface area contributed by atoms with E-state index in [2.05, 4.69) is 110 Å². The van der Waals surface area contributed by atoms with Crippen molar-refractivity contribution < 1.29 is 33.8 Å². The fourth-order valence-corrected chi connectivity index (χ4v) is 6.13. The molecule has 3 rings (SSSR count). The zero-order valence-electron chi connectivity index (χ0n) is 31.3. The fourth-order valence-electron chi connectivity index (χ4n) is 6.13. The Kier molecular flexibility index (Phi) is 17.0. The van der Waals surface area contributed by atoms with Gasteiger partial charge in [-0.1, -0.05) is 110 Å². The van der Waals surface area contributed by atoms with Crippen LogP contribution in [-0.4, -0.2) is 61.8 Å². The second kappa shape index (κ2) is 20.1. The van der Waals surface area contributed by atoms with Crippen LogP contribution in [0.4, 0.5) is 0 Å². The second-order valence-electron chi connectivity index (χ2n) is 15.5. The number of aromatic carboxylic acids is 1. The molecule has 7 heteroatoms. The summed E-state index contributed by atoms with van der Waals surface area (Å²) in [5.74, 6) is -1.04. The van der Waals surface area contributed by atoms with Crippen LogP contribution >= 0.6 is 0 Å². The lowest BCUT2D eigenvalue weighted by molar-refractivity contribution is -0.904. The van der Waals surface area contributed by atoms with Gasteiger partial charge in [0, 0.05) is 23.1 Å². The number of ether oxygens (including phenoxy) is 2. The first-order valence-electron chi connectivity index (χ1n) is 17.8. The van der Waals surface area contributed by atoms with E-state index >= 15 is 0 Å². The number of carbonyl (C=O) groups is 2. The van der Waals surface area contributed by atoms with Crippen LogP contribution in [0.5, 0.6) is 11.5 Å². The second-order valence-corrected chi connectivity index (χ2v) is 15.5. The van der Waals surface area contributed by atoms with Crippen LogP contribution in [0.2, 0.25) is 0 Å². The fraction of sp³-hybridized carbons (Fsp3) is 0.524. The smallest absolute Gasteiger partial charge is 0.162 e. The molecule has 7 nitrogen and oxygen atoms in total. The Morgan fingerprint density at radius 1 is 0.816 bits per heavy atom. The quantitative estimate of drug-likeness (QED) is 0.0779. The van der Waals surface area contributed by atoms with Crippen LogP contribution in [0.15, 0.2) is 72.8 Å². The third-order valence-electron chi connectivity index (χ3n) is 8.44. The number of likely N-dealkylation sites (N-methyl/N-ethyl adjacent to an activating group) is 1. The summed E-state index contributed by atoms with van der Waals surface area (Å²) in [5.41, 5.74) is 3.17. The number of phenols is 1. The monoisotopic (exact) mass is 675 g/mol. The first-order valence-corrected chi connectivity index (χ1v) is 17.8. The number of benzene rings is 3. The number of aromatic hydroxyl groups is 1. The minimum Gasteiger partial charge on any atom is -0.545 e. The zero-order valence-corrected chi connectivity index (χ0v) is 31.3. The van der Waals surface area contributed by atoms with Gasteiger partial charge in [0.1, 0.15) is 31.2 Å². The molecular weight excluding hydrogens is 614 g/mol. The van der Waals surface area contributed by atoms with Gasteiger partial charge in [-0.25, -0.2) is 0 Å². The minimum atomic E-state index is -1.48. The summed E-state index contributed by atoms with van der Waals surface area (Å²) in [6.07, 6.45) is 6.80. The van der Waals surface area contributed by atoms with Crippen molar-refractivity contribution in [1.29, 1.82) is 0 Å². The van der Waals surface area contributed by atoms with E-state index in [1.165, 1.54) is 35.7 Å². The van der Waals surface area contributed by atoms with Gasteiger partial charge in [-0.05, 0) is 59.6 Å². The van der Waals surface area contributed by atoms with Crippen LogP contribution in [0.3, 0.4) is 0 Å². The van der Waals surface area contributed by atoms with Crippen LogP contribution in [0, 0.1) is 5.41 Å². The first kappa shape index (κ1) is 41.5. The molecule has 0 aliphatic rings. The van der Waals surface area contributed by atoms with Crippen molar-refractivity contribution in [1.82, 2.24) is 0 Å². The Morgan fingerprint density at radius 3 is 2.08 bits per heavy atom. The normalized spacial score (nSPS) is 11.8. The van der Waals surface area contributed by atoms with Gasteiger partial charge in [0.15, 0.2) is 5.78 Å². The van der Waals surface area contributed by atoms with E-state index in [1.807, 2.05) is 0 Å². The highest BCUT2D eigenvalue weighted by molar-refractivity contribution is 5.99. The Balaban J connectivity index is 0.000000377. The summed E-state index contributed by atoms with van der Waals surface area (Å²) in [4.78, 5) is 22.6. The van der Waals surface area contributed by atoms with Crippen LogP contribution < -0.4 is 9.84 Å².